The van der Waals surface area contributed by atoms with E-state index in [9.17, 15) is 10.1 Å². The van der Waals surface area contributed by atoms with E-state index in [1.54, 1.807) is 0 Å². The van der Waals surface area contributed by atoms with Crippen molar-refractivity contribution in [3.05, 3.63) is 65.9 Å². The second-order valence-electron chi connectivity index (χ2n) is 8.11. The molecule has 0 bridgehead atoms. The van der Waals surface area contributed by atoms with Crippen LogP contribution in [0.2, 0.25) is 0 Å². The number of fused-ring (bicyclic) bond motifs is 3. The summed E-state index contributed by atoms with van der Waals surface area (Å²) in [6.07, 6.45) is 3.02. The quantitative estimate of drug-likeness (QED) is 0.306. The van der Waals surface area contributed by atoms with Gasteiger partial charge in [0.05, 0.1) is 10.8 Å². The number of amides is 1. The first-order valence-electron chi connectivity index (χ1n) is 11.4. The van der Waals surface area contributed by atoms with E-state index in [0.717, 1.165) is 48.1 Å². The molecule has 0 aliphatic heterocycles. The fourth-order valence-corrected chi connectivity index (χ4v) is 5.00. The number of anilines is 1. The van der Waals surface area contributed by atoms with Crippen LogP contribution in [0.4, 0.5) is 5.69 Å². The minimum Gasteiger partial charge on any atom is -0.341 e. The summed E-state index contributed by atoms with van der Waals surface area (Å²) in [6, 6.07) is 20.3. The van der Waals surface area contributed by atoms with Crippen molar-refractivity contribution < 1.29 is 4.79 Å². The van der Waals surface area contributed by atoms with E-state index >= 15 is 0 Å². The fraction of sp³-hybridized carbons (Fsp3) is 0.296. The molecule has 0 aliphatic carbocycles. The molecule has 2 heterocycles. The average Bonchev–Trinajstić information content (AvgIpc) is 3.15. The zero-order valence-electron chi connectivity index (χ0n) is 19.3. The summed E-state index contributed by atoms with van der Waals surface area (Å²) in [4.78, 5) is 17.6. The highest BCUT2D eigenvalue weighted by Gasteiger charge is 2.19. The summed E-state index contributed by atoms with van der Waals surface area (Å²) in [5.41, 5.74) is 4.59. The lowest BCUT2D eigenvalue weighted by atomic mass is 10.1. The van der Waals surface area contributed by atoms with Crippen molar-refractivity contribution in [2.75, 3.05) is 5.32 Å². The SMILES string of the molecule is CCCCc1ccc(C#N)c(SC(C)C(=O)Nc2ccc3c(c2)c2ccccc2n3CC)n1. The number of carbonyl (C=O) groups is 1. The van der Waals surface area contributed by atoms with Crippen LogP contribution in [0.15, 0.2) is 59.6 Å². The Labute approximate surface area is 198 Å². The molecule has 1 atom stereocenters. The number of pyridine rings is 1. The summed E-state index contributed by atoms with van der Waals surface area (Å²) in [7, 11) is 0. The van der Waals surface area contributed by atoms with Crippen LogP contribution < -0.4 is 5.32 Å². The molecule has 0 saturated heterocycles. The van der Waals surface area contributed by atoms with Crippen LogP contribution in [0.1, 0.15) is 44.9 Å². The van der Waals surface area contributed by atoms with E-state index < -0.39 is 5.25 Å². The largest absolute Gasteiger partial charge is 0.341 e. The van der Waals surface area contributed by atoms with Crippen LogP contribution >= 0.6 is 11.8 Å². The first-order valence-corrected chi connectivity index (χ1v) is 12.3. The van der Waals surface area contributed by atoms with Gasteiger partial charge in [-0.3, -0.25) is 4.79 Å². The minimum atomic E-state index is -0.390. The van der Waals surface area contributed by atoms with Gasteiger partial charge in [-0.25, -0.2) is 4.98 Å². The first-order chi connectivity index (χ1) is 16.0. The number of aromatic nitrogens is 2. The number of para-hydroxylation sites is 1. The molecule has 0 fully saturated rings. The molecular formula is C27H28N4OS. The zero-order valence-corrected chi connectivity index (χ0v) is 20.1. The summed E-state index contributed by atoms with van der Waals surface area (Å²) in [5.74, 6) is -0.108. The number of rotatable bonds is 8. The van der Waals surface area contributed by atoms with Crippen LogP contribution in [0, 0.1) is 11.3 Å². The number of nitrogens with one attached hydrogen (secondary N) is 1. The van der Waals surface area contributed by atoms with Gasteiger partial charge in [0, 0.05) is 39.7 Å². The lowest BCUT2D eigenvalue weighted by Crippen LogP contribution is -2.22. The number of benzene rings is 2. The molecule has 1 N–H and O–H groups in total. The number of nitrogens with zero attached hydrogens (tertiary/aromatic N) is 3. The number of thioether (sulfide) groups is 1. The highest BCUT2D eigenvalue weighted by molar-refractivity contribution is 8.00. The minimum absolute atomic E-state index is 0.108. The van der Waals surface area contributed by atoms with Gasteiger partial charge in [-0.05, 0) is 63.1 Å². The predicted octanol–water partition coefficient (Wildman–Crippen LogP) is 6.54. The normalized spacial score (nSPS) is 12.1. The highest BCUT2D eigenvalue weighted by atomic mass is 32.2. The Bertz CT molecular complexity index is 1350. The molecule has 0 spiro atoms. The van der Waals surface area contributed by atoms with Crippen LogP contribution in [0.25, 0.3) is 21.8 Å². The van der Waals surface area contributed by atoms with Crippen LogP contribution in [0.3, 0.4) is 0 Å². The third-order valence-electron chi connectivity index (χ3n) is 5.84. The molecule has 0 radical (unpaired) electrons. The Morgan fingerprint density at radius 1 is 1.12 bits per heavy atom. The molecule has 33 heavy (non-hydrogen) atoms. The Morgan fingerprint density at radius 2 is 1.91 bits per heavy atom. The third-order valence-corrected chi connectivity index (χ3v) is 6.94. The standard InChI is InChI=1S/C27H28N4OS/c1-4-6-9-20-13-12-19(17-28)27(30-20)33-18(3)26(32)29-21-14-15-25-23(16-21)22-10-7-8-11-24(22)31(25)5-2/h7-8,10-16,18H,4-6,9H2,1-3H3,(H,29,32). The molecule has 0 saturated carbocycles. The van der Waals surface area contributed by atoms with Gasteiger partial charge in [0.1, 0.15) is 11.1 Å². The summed E-state index contributed by atoms with van der Waals surface area (Å²) >= 11 is 1.33. The zero-order chi connectivity index (χ0) is 23.4. The molecule has 1 amide bonds. The van der Waals surface area contributed by atoms with Gasteiger partial charge >= 0.3 is 0 Å². The molecule has 6 heteroatoms. The van der Waals surface area contributed by atoms with Gasteiger partial charge in [0.15, 0.2) is 0 Å². The van der Waals surface area contributed by atoms with Crippen LogP contribution in [0.5, 0.6) is 0 Å². The summed E-state index contributed by atoms with van der Waals surface area (Å²) in [5, 5.41) is 15.1. The molecule has 1 unspecified atom stereocenters. The van der Waals surface area contributed by atoms with Gasteiger partial charge in [0.25, 0.3) is 0 Å². The van der Waals surface area contributed by atoms with Gasteiger partial charge in [0.2, 0.25) is 5.91 Å². The molecule has 2 aromatic carbocycles. The molecule has 0 aliphatic rings. The summed E-state index contributed by atoms with van der Waals surface area (Å²) in [6.45, 7) is 7.02. The highest BCUT2D eigenvalue weighted by Crippen LogP contribution is 2.32. The fourth-order valence-electron chi connectivity index (χ4n) is 4.09. The van der Waals surface area contributed by atoms with E-state index in [-0.39, 0.29) is 5.91 Å². The van der Waals surface area contributed by atoms with Gasteiger partial charge in [-0.15, -0.1) is 0 Å². The average molecular weight is 457 g/mol. The first kappa shape index (κ1) is 22.9. The Hall–Kier alpha value is -3.30. The second kappa shape index (κ2) is 10.1. The van der Waals surface area contributed by atoms with Crippen molar-refractivity contribution >= 4 is 45.2 Å². The maximum absolute atomic E-state index is 13.0. The number of nitriles is 1. The van der Waals surface area contributed by atoms with Gasteiger partial charge in [-0.2, -0.15) is 5.26 Å². The van der Waals surface area contributed by atoms with Crippen molar-refractivity contribution in [1.29, 1.82) is 5.26 Å². The van der Waals surface area contributed by atoms with E-state index in [0.29, 0.717) is 10.6 Å². The van der Waals surface area contributed by atoms with E-state index in [1.165, 1.54) is 22.7 Å². The summed E-state index contributed by atoms with van der Waals surface area (Å²) < 4.78 is 2.29. The van der Waals surface area contributed by atoms with Crippen molar-refractivity contribution in [1.82, 2.24) is 9.55 Å². The Kier molecular flexibility index (Phi) is 7.00. The molecule has 5 nitrogen and oxygen atoms in total. The number of hydrogen-bond donors (Lipinski definition) is 1. The van der Waals surface area contributed by atoms with Crippen molar-refractivity contribution in [3.8, 4) is 6.07 Å². The second-order valence-corrected chi connectivity index (χ2v) is 9.44. The van der Waals surface area contributed by atoms with Crippen molar-refractivity contribution in [2.24, 2.45) is 0 Å². The molecule has 168 valence electrons. The molecule has 4 aromatic rings. The predicted molar refractivity (Wildman–Crippen MR) is 137 cm³/mol. The lowest BCUT2D eigenvalue weighted by molar-refractivity contribution is -0.115. The van der Waals surface area contributed by atoms with Gasteiger partial charge in [-0.1, -0.05) is 43.3 Å². The number of carbonyl (C=O) groups excluding carboxylic acids is 1. The number of unbranched alkanes of at least 4 members (excludes halogenated alkanes) is 1. The topological polar surface area (TPSA) is 70.7 Å². The van der Waals surface area contributed by atoms with Crippen molar-refractivity contribution in [2.45, 2.75) is 56.9 Å². The van der Waals surface area contributed by atoms with E-state index in [4.69, 9.17) is 0 Å². The van der Waals surface area contributed by atoms with Crippen molar-refractivity contribution in [3.63, 3.8) is 0 Å². The molecule has 4 rings (SSSR count). The smallest absolute Gasteiger partial charge is 0.237 e. The maximum Gasteiger partial charge on any atom is 0.237 e. The Morgan fingerprint density at radius 3 is 2.67 bits per heavy atom. The maximum atomic E-state index is 13.0. The number of aryl methyl sites for hydroxylation is 2. The molecule has 2 aromatic heterocycles. The molecular weight excluding hydrogens is 428 g/mol. The Balaban J connectivity index is 1.55. The lowest BCUT2D eigenvalue weighted by Gasteiger charge is -2.13. The van der Waals surface area contributed by atoms with E-state index in [1.807, 2.05) is 37.3 Å². The van der Waals surface area contributed by atoms with Crippen LogP contribution in [-0.4, -0.2) is 20.7 Å². The van der Waals surface area contributed by atoms with E-state index in [2.05, 4.69) is 59.1 Å². The van der Waals surface area contributed by atoms with Crippen LogP contribution in [-0.2, 0) is 17.8 Å². The monoisotopic (exact) mass is 456 g/mol. The third kappa shape index (κ3) is 4.74. The van der Waals surface area contributed by atoms with Gasteiger partial charge < -0.3 is 9.88 Å². The number of hydrogen-bond acceptors (Lipinski definition) is 4.